The molecule has 36 heavy (non-hydrogen) atoms. The zero-order valence-corrected chi connectivity index (χ0v) is 20.7. The van der Waals surface area contributed by atoms with Crippen molar-refractivity contribution in [2.75, 3.05) is 32.0 Å². The van der Waals surface area contributed by atoms with Gasteiger partial charge in [-0.25, -0.2) is 15.0 Å². The zero-order chi connectivity index (χ0) is 25.2. The maximum atomic E-state index is 12.1. The van der Waals surface area contributed by atoms with Gasteiger partial charge in [0.2, 0.25) is 0 Å². The first-order chi connectivity index (χ1) is 17.4. The molecule has 188 valence electrons. The van der Waals surface area contributed by atoms with Gasteiger partial charge in [0.05, 0.1) is 5.56 Å². The number of aryl methyl sites for hydroxylation is 1. The van der Waals surface area contributed by atoms with Gasteiger partial charge in [0.15, 0.2) is 33.6 Å². The predicted molar refractivity (Wildman–Crippen MR) is 132 cm³/mol. The Balaban J connectivity index is 1.38. The first-order valence-electron chi connectivity index (χ1n) is 11.9. The fourth-order valence-electron chi connectivity index (χ4n) is 4.57. The second-order valence-corrected chi connectivity index (χ2v) is 9.93. The lowest BCUT2D eigenvalue weighted by Crippen LogP contribution is -2.43. The summed E-state index contributed by atoms with van der Waals surface area (Å²) in [7, 11) is 0. The number of amides is 1. The molecule has 1 fully saturated rings. The third-order valence-electron chi connectivity index (χ3n) is 6.54. The number of imidazole rings is 1. The zero-order valence-electron chi connectivity index (χ0n) is 19.9. The van der Waals surface area contributed by atoms with E-state index in [1.54, 1.807) is 11.0 Å². The number of nitrogens with zero attached hydrogens (tertiary/aromatic N) is 6. The average Bonchev–Trinajstić information content (AvgIpc) is 3.25. The summed E-state index contributed by atoms with van der Waals surface area (Å²) in [5.41, 5.74) is 7.74. The van der Waals surface area contributed by atoms with Gasteiger partial charge in [-0.3, -0.25) is 4.79 Å². The topological polar surface area (TPSA) is 152 Å². The van der Waals surface area contributed by atoms with Crippen LogP contribution in [0.2, 0.25) is 0 Å². The molecule has 4 heterocycles. The van der Waals surface area contributed by atoms with Crippen molar-refractivity contribution < 1.29 is 19.4 Å². The number of ether oxygens (including phenoxy) is 2. The quantitative estimate of drug-likeness (QED) is 0.506. The Morgan fingerprint density at radius 2 is 2.00 bits per heavy atom. The number of piperidine rings is 1. The number of aliphatic hydroxyl groups is 1. The monoisotopic (exact) mass is 509 g/mol. The Morgan fingerprint density at radius 1 is 1.28 bits per heavy atom. The molecule has 1 saturated heterocycles. The molecule has 0 radical (unpaired) electrons. The fourth-order valence-corrected chi connectivity index (χ4v) is 5.57. The normalized spacial score (nSPS) is 16.6. The lowest BCUT2D eigenvalue weighted by atomic mass is 9.93. The Bertz CT molecular complexity index is 1330. The van der Waals surface area contributed by atoms with Crippen LogP contribution in [0.1, 0.15) is 31.7 Å². The Hall–Kier alpha value is -3.56. The minimum Gasteiger partial charge on any atom is -0.486 e. The van der Waals surface area contributed by atoms with E-state index >= 15 is 0 Å². The molecule has 1 atom stereocenters. The molecule has 3 aromatic rings. The number of carbonyl (C=O) groups is 1. The molecule has 2 aliphatic rings. The van der Waals surface area contributed by atoms with Crippen LogP contribution in [0.4, 0.5) is 5.82 Å². The summed E-state index contributed by atoms with van der Waals surface area (Å²) in [6.45, 7) is 4.33. The van der Waals surface area contributed by atoms with Crippen LogP contribution in [0.3, 0.4) is 0 Å². The lowest BCUT2D eigenvalue weighted by Gasteiger charge is -2.32. The van der Waals surface area contributed by atoms with Crippen molar-refractivity contribution in [1.29, 1.82) is 5.26 Å². The average molecular weight is 510 g/mol. The highest BCUT2D eigenvalue weighted by molar-refractivity contribution is 7.99. The number of hydrogen-bond donors (Lipinski definition) is 2. The number of benzene rings is 1. The molecule has 11 nitrogen and oxygen atoms in total. The Labute approximate surface area is 212 Å². The first-order valence-corrected chi connectivity index (χ1v) is 12.7. The van der Waals surface area contributed by atoms with Crippen molar-refractivity contribution in [3.05, 3.63) is 24.0 Å². The molecule has 0 saturated carbocycles. The number of rotatable bonds is 6. The van der Waals surface area contributed by atoms with E-state index in [0.29, 0.717) is 82.9 Å². The van der Waals surface area contributed by atoms with Gasteiger partial charge in [0.25, 0.3) is 5.91 Å². The largest absolute Gasteiger partial charge is 0.486 e. The van der Waals surface area contributed by atoms with Gasteiger partial charge in [-0.15, -0.1) is 0 Å². The van der Waals surface area contributed by atoms with Crippen LogP contribution in [0, 0.1) is 17.2 Å². The highest BCUT2D eigenvalue weighted by Crippen LogP contribution is 2.40. The molecule has 0 aliphatic carbocycles. The minimum atomic E-state index is -0.970. The number of likely N-dealkylation sites (tertiary alicyclic amines) is 1. The number of nitrogen functional groups attached to an aromatic ring is 1. The van der Waals surface area contributed by atoms with Crippen molar-refractivity contribution in [3.8, 4) is 17.6 Å². The standard InChI is InChI=1S/C24H27N7O4S/c1-14(32)23(33)30-5-2-15(3-6-30)4-7-31-22-20(21(26)27-13-28-22)29-24(31)36-19-11-18-17(10-16(19)12-25)34-8-9-35-18/h10-11,13-15,32H,2-9H2,1H3,(H2,26,27,28)/t14-/m0/s1. The summed E-state index contributed by atoms with van der Waals surface area (Å²) in [5.74, 6) is 1.66. The molecule has 0 spiro atoms. The van der Waals surface area contributed by atoms with E-state index in [1.807, 2.05) is 10.6 Å². The van der Waals surface area contributed by atoms with Crippen molar-refractivity contribution in [1.82, 2.24) is 24.4 Å². The van der Waals surface area contributed by atoms with Gasteiger partial charge in [-0.2, -0.15) is 5.26 Å². The van der Waals surface area contributed by atoms with Crippen molar-refractivity contribution >= 4 is 34.7 Å². The van der Waals surface area contributed by atoms with Crippen LogP contribution in [-0.4, -0.2) is 67.8 Å². The molecule has 2 aliphatic heterocycles. The molecule has 0 unspecified atom stereocenters. The highest BCUT2D eigenvalue weighted by atomic mass is 32.2. The highest BCUT2D eigenvalue weighted by Gasteiger charge is 2.26. The van der Waals surface area contributed by atoms with Crippen molar-refractivity contribution in [2.45, 2.75) is 48.9 Å². The van der Waals surface area contributed by atoms with E-state index in [-0.39, 0.29) is 5.91 Å². The van der Waals surface area contributed by atoms with E-state index < -0.39 is 6.10 Å². The summed E-state index contributed by atoms with van der Waals surface area (Å²) in [4.78, 5) is 27.8. The number of anilines is 1. The maximum absolute atomic E-state index is 12.1. The number of nitriles is 1. The molecular formula is C24H27N7O4S. The van der Waals surface area contributed by atoms with E-state index in [9.17, 15) is 15.2 Å². The van der Waals surface area contributed by atoms with E-state index in [1.165, 1.54) is 25.0 Å². The first kappa shape index (κ1) is 24.1. The van der Waals surface area contributed by atoms with Gasteiger partial charge in [0, 0.05) is 30.6 Å². The molecular weight excluding hydrogens is 482 g/mol. The third-order valence-corrected chi connectivity index (χ3v) is 7.59. The number of hydrogen-bond acceptors (Lipinski definition) is 10. The summed E-state index contributed by atoms with van der Waals surface area (Å²) < 4.78 is 13.4. The van der Waals surface area contributed by atoms with Crippen LogP contribution in [0.15, 0.2) is 28.5 Å². The van der Waals surface area contributed by atoms with Gasteiger partial charge < -0.3 is 29.8 Å². The third kappa shape index (κ3) is 4.76. The molecule has 3 N–H and O–H groups in total. The van der Waals surface area contributed by atoms with Crippen molar-refractivity contribution in [3.63, 3.8) is 0 Å². The van der Waals surface area contributed by atoms with E-state index in [4.69, 9.17) is 20.2 Å². The van der Waals surface area contributed by atoms with Crippen LogP contribution >= 0.6 is 11.8 Å². The molecule has 5 rings (SSSR count). The minimum absolute atomic E-state index is 0.215. The molecule has 12 heteroatoms. The summed E-state index contributed by atoms with van der Waals surface area (Å²) in [6, 6.07) is 5.74. The molecule has 1 amide bonds. The number of aliphatic hydroxyl groups excluding tert-OH is 1. The van der Waals surface area contributed by atoms with Gasteiger partial charge >= 0.3 is 0 Å². The van der Waals surface area contributed by atoms with E-state index in [0.717, 1.165) is 19.3 Å². The number of carbonyl (C=O) groups excluding carboxylic acids is 1. The predicted octanol–water partition coefficient (Wildman–Crippen LogP) is 2.21. The summed E-state index contributed by atoms with van der Waals surface area (Å²) >= 11 is 1.36. The fraction of sp³-hybridized carbons (Fsp3) is 0.458. The van der Waals surface area contributed by atoms with Crippen molar-refractivity contribution in [2.24, 2.45) is 5.92 Å². The molecule has 1 aromatic carbocycles. The maximum Gasteiger partial charge on any atom is 0.251 e. The Morgan fingerprint density at radius 3 is 2.69 bits per heavy atom. The second-order valence-electron chi connectivity index (χ2n) is 8.92. The lowest BCUT2D eigenvalue weighted by molar-refractivity contribution is -0.140. The smallest absolute Gasteiger partial charge is 0.251 e. The second kappa shape index (κ2) is 10.2. The number of nitrogens with two attached hydrogens (primary N) is 1. The summed E-state index contributed by atoms with van der Waals surface area (Å²) in [5, 5.41) is 20.0. The Kier molecular flexibility index (Phi) is 6.84. The van der Waals surface area contributed by atoms with Crippen LogP contribution in [0.25, 0.3) is 11.2 Å². The van der Waals surface area contributed by atoms with Gasteiger partial charge in [0.1, 0.15) is 31.7 Å². The molecule has 2 aromatic heterocycles. The molecule has 0 bridgehead atoms. The van der Waals surface area contributed by atoms with Gasteiger partial charge in [-0.05, 0) is 38.2 Å². The number of fused-ring (bicyclic) bond motifs is 2. The SMILES string of the molecule is C[C@H](O)C(=O)N1CCC(CCn2c(Sc3cc4c(cc3C#N)OCCO4)nc3c(N)ncnc32)CC1. The number of aromatic nitrogens is 4. The van der Waals surface area contributed by atoms with Gasteiger partial charge in [-0.1, -0.05) is 11.8 Å². The van der Waals surface area contributed by atoms with Crippen LogP contribution in [0.5, 0.6) is 11.5 Å². The van der Waals surface area contributed by atoms with E-state index in [2.05, 4.69) is 16.0 Å². The van der Waals surface area contributed by atoms with Crippen LogP contribution in [-0.2, 0) is 11.3 Å². The summed E-state index contributed by atoms with van der Waals surface area (Å²) in [6.07, 6.45) is 3.06. The van der Waals surface area contributed by atoms with Crippen LogP contribution < -0.4 is 15.2 Å².